The SMILES string of the molecule is CC(NC(=O)CSc1nnc(-c2cccs2)n1CC1CCCO1)c1ccc2ccccc2c1. The Kier molecular flexibility index (Phi) is 6.75. The van der Waals surface area contributed by atoms with E-state index in [0.29, 0.717) is 6.54 Å². The number of aromatic nitrogens is 3. The van der Waals surface area contributed by atoms with Crippen LogP contribution >= 0.6 is 23.1 Å². The van der Waals surface area contributed by atoms with E-state index in [1.54, 1.807) is 11.3 Å². The van der Waals surface area contributed by atoms with E-state index in [-0.39, 0.29) is 23.8 Å². The van der Waals surface area contributed by atoms with Gasteiger partial charge < -0.3 is 10.1 Å². The standard InChI is InChI=1S/C25H26N4O2S2/c1-17(19-11-10-18-6-2-3-7-20(18)14-19)26-23(30)16-33-25-28-27-24(22-9-5-13-32-22)29(25)15-21-8-4-12-31-21/h2-3,5-7,9-11,13-14,17,21H,4,8,12,15-16H2,1H3,(H,26,30). The van der Waals surface area contributed by atoms with Crippen LogP contribution in [0.3, 0.4) is 0 Å². The summed E-state index contributed by atoms with van der Waals surface area (Å²) >= 11 is 3.06. The molecule has 8 heteroatoms. The molecule has 2 aromatic carbocycles. The minimum Gasteiger partial charge on any atom is -0.376 e. The molecule has 4 aromatic rings. The number of hydrogen-bond acceptors (Lipinski definition) is 6. The predicted octanol–water partition coefficient (Wildman–Crippen LogP) is 5.31. The van der Waals surface area contributed by atoms with Crippen molar-refractivity contribution in [2.24, 2.45) is 0 Å². The summed E-state index contributed by atoms with van der Waals surface area (Å²) < 4.78 is 7.95. The molecule has 3 heterocycles. The van der Waals surface area contributed by atoms with Crippen LogP contribution in [0, 0.1) is 0 Å². The van der Waals surface area contributed by atoms with Crippen molar-refractivity contribution in [1.29, 1.82) is 0 Å². The van der Waals surface area contributed by atoms with Gasteiger partial charge in [-0.25, -0.2) is 0 Å². The van der Waals surface area contributed by atoms with E-state index >= 15 is 0 Å². The molecule has 1 aliphatic heterocycles. The molecule has 2 atom stereocenters. The number of hydrogen-bond donors (Lipinski definition) is 1. The number of nitrogens with zero attached hydrogens (tertiary/aromatic N) is 3. The minimum atomic E-state index is -0.0749. The fourth-order valence-electron chi connectivity index (χ4n) is 4.11. The van der Waals surface area contributed by atoms with Crippen molar-refractivity contribution in [2.45, 2.75) is 43.6 Å². The van der Waals surface area contributed by atoms with Crippen molar-refractivity contribution in [3.63, 3.8) is 0 Å². The number of amides is 1. The highest BCUT2D eigenvalue weighted by Gasteiger charge is 2.23. The van der Waals surface area contributed by atoms with Crippen LogP contribution in [0.4, 0.5) is 0 Å². The molecule has 1 aliphatic rings. The molecule has 6 nitrogen and oxygen atoms in total. The van der Waals surface area contributed by atoms with Crippen LogP contribution < -0.4 is 5.32 Å². The Hall–Kier alpha value is -2.68. The van der Waals surface area contributed by atoms with E-state index in [1.807, 2.05) is 36.6 Å². The highest BCUT2D eigenvalue weighted by atomic mass is 32.2. The third-order valence-corrected chi connectivity index (χ3v) is 7.68. The Balaban J connectivity index is 1.25. The van der Waals surface area contributed by atoms with E-state index in [1.165, 1.54) is 22.5 Å². The maximum atomic E-state index is 12.7. The van der Waals surface area contributed by atoms with E-state index in [4.69, 9.17) is 4.74 Å². The Morgan fingerprint density at radius 1 is 1.21 bits per heavy atom. The molecule has 5 rings (SSSR count). The molecule has 0 bridgehead atoms. The third-order valence-electron chi connectivity index (χ3n) is 5.85. The van der Waals surface area contributed by atoms with Crippen molar-refractivity contribution in [3.05, 3.63) is 65.5 Å². The van der Waals surface area contributed by atoms with Gasteiger partial charge in [-0.2, -0.15) is 0 Å². The second kappa shape index (κ2) is 10.1. The van der Waals surface area contributed by atoms with E-state index < -0.39 is 0 Å². The van der Waals surface area contributed by atoms with Crippen LogP contribution in [-0.4, -0.2) is 39.1 Å². The van der Waals surface area contributed by atoms with Gasteiger partial charge in [-0.1, -0.05) is 54.2 Å². The van der Waals surface area contributed by atoms with Crippen LogP contribution in [0.2, 0.25) is 0 Å². The second-order valence-corrected chi connectivity index (χ2v) is 10.1. The first-order valence-electron chi connectivity index (χ1n) is 11.2. The van der Waals surface area contributed by atoms with E-state index in [2.05, 4.69) is 50.4 Å². The van der Waals surface area contributed by atoms with Crippen molar-refractivity contribution in [3.8, 4) is 10.7 Å². The fraction of sp³-hybridized carbons (Fsp3) is 0.320. The van der Waals surface area contributed by atoms with Gasteiger partial charge in [-0.05, 0) is 53.6 Å². The number of rotatable bonds is 8. The van der Waals surface area contributed by atoms with Gasteiger partial charge >= 0.3 is 0 Å². The second-order valence-electron chi connectivity index (χ2n) is 8.21. The van der Waals surface area contributed by atoms with Gasteiger partial charge in [0.2, 0.25) is 5.91 Å². The number of carbonyl (C=O) groups is 1. The lowest BCUT2D eigenvalue weighted by Crippen LogP contribution is -2.28. The van der Waals surface area contributed by atoms with Gasteiger partial charge in [0.1, 0.15) is 0 Å². The molecule has 2 aromatic heterocycles. The maximum Gasteiger partial charge on any atom is 0.230 e. The molecular formula is C25H26N4O2S2. The first-order valence-corrected chi connectivity index (χ1v) is 13.0. The number of nitrogens with one attached hydrogen (secondary N) is 1. The molecule has 1 fully saturated rings. The number of carbonyl (C=O) groups excluding carboxylic acids is 1. The van der Waals surface area contributed by atoms with Gasteiger partial charge in [0, 0.05) is 6.61 Å². The molecule has 2 unspecified atom stereocenters. The summed E-state index contributed by atoms with van der Waals surface area (Å²) in [5.74, 6) is 1.10. The Labute approximate surface area is 201 Å². The lowest BCUT2D eigenvalue weighted by Gasteiger charge is -2.16. The average molecular weight is 479 g/mol. The Bertz CT molecular complexity index is 1230. The van der Waals surface area contributed by atoms with Crippen molar-refractivity contribution in [1.82, 2.24) is 20.1 Å². The van der Waals surface area contributed by atoms with E-state index in [0.717, 1.165) is 40.9 Å². The largest absolute Gasteiger partial charge is 0.376 e. The monoisotopic (exact) mass is 478 g/mol. The Morgan fingerprint density at radius 3 is 2.88 bits per heavy atom. The topological polar surface area (TPSA) is 69.0 Å². The van der Waals surface area contributed by atoms with Gasteiger partial charge in [0.25, 0.3) is 0 Å². The van der Waals surface area contributed by atoms with Crippen molar-refractivity contribution in [2.75, 3.05) is 12.4 Å². The van der Waals surface area contributed by atoms with E-state index in [9.17, 15) is 4.79 Å². The van der Waals surface area contributed by atoms with Gasteiger partial charge in [0.05, 0.1) is 29.3 Å². The van der Waals surface area contributed by atoms with Crippen LogP contribution in [0.1, 0.15) is 31.4 Å². The molecule has 1 amide bonds. The number of thiophene rings is 1. The molecule has 0 spiro atoms. The average Bonchev–Trinajstić information content (AvgIpc) is 3.60. The highest BCUT2D eigenvalue weighted by molar-refractivity contribution is 7.99. The summed E-state index contributed by atoms with van der Waals surface area (Å²) in [4.78, 5) is 13.8. The lowest BCUT2D eigenvalue weighted by molar-refractivity contribution is -0.119. The maximum absolute atomic E-state index is 12.7. The van der Waals surface area contributed by atoms with Crippen LogP contribution in [-0.2, 0) is 16.1 Å². The molecule has 33 heavy (non-hydrogen) atoms. The normalized spacial score (nSPS) is 16.8. The molecule has 0 aliphatic carbocycles. The summed E-state index contributed by atoms with van der Waals surface area (Å²) in [6.07, 6.45) is 2.29. The van der Waals surface area contributed by atoms with Gasteiger partial charge in [0.15, 0.2) is 11.0 Å². The van der Waals surface area contributed by atoms with Crippen LogP contribution in [0.15, 0.2) is 65.1 Å². The zero-order chi connectivity index (χ0) is 22.6. The highest BCUT2D eigenvalue weighted by Crippen LogP contribution is 2.29. The quantitative estimate of drug-likeness (QED) is 0.348. The van der Waals surface area contributed by atoms with Crippen molar-refractivity contribution >= 4 is 39.8 Å². The lowest BCUT2D eigenvalue weighted by atomic mass is 10.0. The zero-order valence-corrected chi connectivity index (χ0v) is 20.1. The summed E-state index contributed by atoms with van der Waals surface area (Å²) in [6, 6.07) is 18.6. The van der Waals surface area contributed by atoms with Gasteiger partial charge in [-0.3, -0.25) is 9.36 Å². The number of thioether (sulfide) groups is 1. The molecular weight excluding hydrogens is 452 g/mol. The first-order chi connectivity index (χ1) is 16.2. The smallest absolute Gasteiger partial charge is 0.230 e. The molecule has 170 valence electrons. The third kappa shape index (κ3) is 5.13. The number of fused-ring (bicyclic) bond motifs is 1. The van der Waals surface area contributed by atoms with Crippen LogP contribution in [0.5, 0.6) is 0 Å². The fourth-order valence-corrected chi connectivity index (χ4v) is 5.59. The summed E-state index contributed by atoms with van der Waals surface area (Å²) in [5, 5.41) is 17.1. The molecule has 1 saturated heterocycles. The minimum absolute atomic E-state index is 0.0231. The summed E-state index contributed by atoms with van der Waals surface area (Å²) in [7, 11) is 0. The van der Waals surface area contributed by atoms with Gasteiger partial charge in [-0.15, -0.1) is 21.5 Å². The molecule has 1 N–H and O–H groups in total. The molecule has 0 radical (unpaired) electrons. The number of ether oxygens (including phenoxy) is 1. The number of benzene rings is 2. The predicted molar refractivity (Wildman–Crippen MR) is 134 cm³/mol. The summed E-state index contributed by atoms with van der Waals surface area (Å²) in [5.41, 5.74) is 1.09. The zero-order valence-electron chi connectivity index (χ0n) is 18.4. The molecule has 0 saturated carbocycles. The van der Waals surface area contributed by atoms with Crippen molar-refractivity contribution < 1.29 is 9.53 Å². The Morgan fingerprint density at radius 2 is 2.09 bits per heavy atom. The first kappa shape index (κ1) is 22.1. The summed E-state index contributed by atoms with van der Waals surface area (Å²) in [6.45, 7) is 3.53. The van der Waals surface area contributed by atoms with Crippen LogP contribution in [0.25, 0.3) is 21.5 Å².